The summed E-state index contributed by atoms with van der Waals surface area (Å²) in [4.78, 5) is 72.4. The first-order chi connectivity index (χ1) is 41.9. The van der Waals surface area contributed by atoms with Crippen molar-refractivity contribution in [3.05, 3.63) is 0 Å². The topological polar surface area (TPSA) is 237 Å². The van der Waals surface area contributed by atoms with Crippen LogP contribution in [0.15, 0.2) is 0 Å². The summed E-state index contributed by atoms with van der Waals surface area (Å²) >= 11 is 0. The van der Waals surface area contributed by atoms with Crippen molar-refractivity contribution in [2.45, 2.75) is 362 Å². The van der Waals surface area contributed by atoms with E-state index in [1.807, 2.05) is 0 Å². The third-order valence-corrected chi connectivity index (χ3v) is 18.3. The second-order valence-corrected chi connectivity index (χ2v) is 28.0. The third-order valence-electron chi connectivity index (χ3n) is 16.4. The smallest absolute Gasteiger partial charge is 0.462 e. The van der Waals surface area contributed by atoms with Crippen LogP contribution in [0.1, 0.15) is 343 Å². The number of phosphoric ester groups is 2. The molecular formula is C68H132O17P2. The van der Waals surface area contributed by atoms with Gasteiger partial charge in [0.15, 0.2) is 12.2 Å². The Balaban J connectivity index is 5.26. The molecule has 0 aromatic carbocycles. The van der Waals surface area contributed by atoms with Gasteiger partial charge in [-0.05, 0) is 37.5 Å². The second kappa shape index (κ2) is 60.3. The molecule has 87 heavy (non-hydrogen) atoms. The molecule has 0 aliphatic heterocycles. The molecule has 0 aromatic rings. The minimum Gasteiger partial charge on any atom is -0.462 e. The van der Waals surface area contributed by atoms with Crippen LogP contribution in [0.3, 0.4) is 0 Å². The van der Waals surface area contributed by atoms with E-state index in [4.69, 9.17) is 37.0 Å². The average Bonchev–Trinajstić information content (AvgIpc) is 3.63. The van der Waals surface area contributed by atoms with E-state index in [-0.39, 0.29) is 25.7 Å². The molecule has 0 aliphatic carbocycles. The summed E-state index contributed by atoms with van der Waals surface area (Å²) in [5.74, 6) is -0.618. The van der Waals surface area contributed by atoms with Gasteiger partial charge in [0.1, 0.15) is 19.3 Å². The second-order valence-electron chi connectivity index (χ2n) is 25.0. The summed E-state index contributed by atoms with van der Waals surface area (Å²) in [5.41, 5.74) is 0. The summed E-state index contributed by atoms with van der Waals surface area (Å²) in [6.07, 6.45) is 44.3. The number of phosphoric acid groups is 2. The maximum absolute atomic E-state index is 13.0. The number of carbonyl (C=O) groups is 4. The lowest BCUT2D eigenvalue weighted by Crippen LogP contribution is -2.30. The molecule has 17 nitrogen and oxygen atoms in total. The first-order valence-electron chi connectivity index (χ1n) is 35.6. The monoisotopic (exact) mass is 1280 g/mol. The standard InChI is InChI=1S/C68H132O17P2/c1-7-11-13-15-17-19-21-22-23-25-27-33-41-47-53-68(73)84-63(56-78-65(70)50-44-38-31-29-28-30-36-42-48-60(5)9-3)58-82-86(74,75)80-54-62(69)55-81-87(76,77)83-59-64(57-79-66(71)51-45-39-35-34-37-43-49-61(6)10-4)85-67(72)52-46-40-32-26-24-20-18-16-14-12-8-2/h60-64,69H,7-59H2,1-6H3,(H,74,75)(H,76,77)/t60?,61?,62-,63-,64-/m1/s1. The van der Waals surface area contributed by atoms with Crippen molar-refractivity contribution in [2.24, 2.45) is 11.8 Å². The molecular weight excluding hydrogens is 1150 g/mol. The molecule has 516 valence electrons. The average molecular weight is 1280 g/mol. The Hall–Kier alpha value is -1.94. The van der Waals surface area contributed by atoms with E-state index in [1.54, 1.807) is 0 Å². The fraction of sp³-hybridized carbons (Fsp3) is 0.941. The molecule has 0 spiro atoms. The summed E-state index contributed by atoms with van der Waals surface area (Å²) in [5, 5.41) is 10.6. The Morgan fingerprint density at radius 1 is 0.322 bits per heavy atom. The molecule has 0 radical (unpaired) electrons. The predicted octanol–water partition coefficient (Wildman–Crippen LogP) is 19.2. The summed E-state index contributed by atoms with van der Waals surface area (Å²) < 4.78 is 68.2. The van der Waals surface area contributed by atoms with Gasteiger partial charge in [-0.2, -0.15) is 0 Å². The van der Waals surface area contributed by atoms with Gasteiger partial charge in [-0.3, -0.25) is 37.3 Å². The SMILES string of the molecule is CCCCCCCCCCCCCCCCC(=O)O[C@H](COC(=O)CCCCCCCCCCC(C)CC)COP(=O)(O)OC[C@@H](O)COP(=O)(O)OC[C@@H](COC(=O)CCCCCCCCC(C)CC)OC(=O)CCCCCCCCCCCCC. The highest BCUT2D eigenvalue weighted by Crippen LogP contribution is 2.45. The highest BCUT2D eigenvalue weighted by molar-refractivity contribution is 7.47. The molecule has 0 saturated heterocycles. The first kappa shape index (κ1) is 85.1. The van der Waals surface area contributed by atoms with Crippen LogP contribution in [0.4, 0.5) is 0 Å². The van der Waals surface area contributed by atoms with Crippen molar-refractivity contribution in [1.29, 1.82) is 0 Å². The van der Waals surface area contributed by atoms with Crippen LogP contribution in [0.25, 0.3) is 0 Å². The normalized spacial score (nSPS) is 14.8. The van der Waals surface area contributed by atoms with Crippen molar-refractivity contribution in [2.75, 3.05) is 39.6 Å². The molecule has 0 saturated carbocycles. The lowest BCUT2D eigenvalue weighted by Gasteiger charge is -2.21. The van der Waals surface area contributed by atoms with Crippen LogP contribution in [0, 0.1) is 11.8 Å². The number of ether oxygens (including phenoxy) is 4. The van der Waals surface area contributed by atoms with Crippen molar-refractivity contribution in [1.82, 2.24) is 0 Å². The quantitative estimate of drug-likeness (QED) is 0.0222. The molecule has 0 aromatic heterocycles. The number of aliphatic hydroxyl groups excluding tert-OH is 1. The molecule has 4 unspecified atom stereocenters. The number of aliphatic hydroxyl groups is 1. The summed E-state index contributed by atoms with van der Waals surface area (Å²) in [7, 11) is -9.90. The lowest BCUT2D eigenvalue weighted by molar-refractivity contribution is -0.161. The number of hydrogen-bond donors (Lipinski definition) is 3. The number of carbonyl (C=O) groups excluding carboxylic acids is 4. The van der Waals surface area contributed by atoms with E-state index >= 15 is 0 Å². The van der Waals surface area contributed by atoms with E-state index < -0.39 is 97.5 Å². The minimum atomic E-state index is -4.95. The van der Waals surface area contributed by atoms with Gasteiger partial charge in [0, 0.05) is 25.7 Å². The zero-order valence-electron chi connectivity index (χ0n) is 56.3. The number of esters is 4. The first-order valence-corrected chi connectivity index (χ1v) is 38.6. The molecule has 7 atom stereocenters. The Kier molecular flexibility index (Phi) is 59.0. The van der Waals surface area contributed by atoms with Gasteiger partial charge >= 0.3 is 39.5 Å². The van der Waals surface area contributed by atoms with E-state index in [1.165, 1.54) is 154 Å². The van der Waals surface area contributed by atoms with Crippen LogP contribution in [0.5, 0.6) is 0 Å². The van der Waals surface area contributed by atoms with Gasteiger partial charge in [0.2, 0.25) is 0 Å². The fourth-order valence-corrected chi connectivity index (χ4v) is 11.8. The molecule has 0 bridgehead atoms. The van der Waals surface area contributed by atoms with Gasteiger partial charge in [0.05, 0.1) is 26.4 Å². The summed E-state index contributed by atoms with van der Waals surface area (Å²) in [6, 6.07) is 0. The number of hydrogen-bond acceptors (Lipinski definition) is 15. The van der Waals surface area contributed by atoms with Gasteiger partial charge in [-0.15, -0.1) is 0 Å². The zero-order chi connectivity index (χ0) is 64.3. The third kappa shape index (κ3) is 60.1. The predicted molar refractivity (Wildman–Crippen MR) is 349 cm³/mol. The maximum Gasteiger partial charge on any atom is 0.472 e. The van der Waals surface area contributed by atoms with Gasteiger partial charge in [-0.1, -0.05) is 292 Å². The minimum absolute atomic E-state index is 0.106. The highest BCUT2D eigenvalue weighted by atomic mass is 31.2. The van der Waals surface area contributed by atoms with E-state index in [0.717, 1.165) is 108 Å². The van der Waals surface area contributed by atoms with Crippen LogP contribution in [0.2, 0.25) is 0 Å². The molecule has 0 aliphatic rings. The largest absolute Gasteiger partial charge is 0.472 e. The van der Waals surface area contributed by atoms with Crippen LogP contribution in [-0.2, 0) is 65.4 Å². The van der Waals surface area contributed by atoms with Crippen molar-refractivity contribution in [3.8, 4) is 0 Å². The Morgan fingerprint density at radius 3 is 0.816 bits per heavy atom. The number of unbranched alkanes of at least 4 members (excludes halogenated alkanes) is 35. The van der Waals surface area contributed by atoms with E-state index in [0.29, 0.717) is 25.7 Å². The van der Waals surface area contributed by atoms with Gasteiger partial charge in [0.25, 0.3) is 0 Å². The van der Waals surface area contributed by atoms with E-state index in [2.05, 4.69) is 41.5 Å². The van der Waals surface area contributed by atoms with Crippen molar-refractivity contribution >= 4 is 39.5 Å². The lowest BCUT2D eigenvalue weighted by atomic mass is 9.99. The maximum atomic E-state index is 13.0. The van der Waals surface area contributed by atoms with Crippen LogP contribution >= 0.6 is 15.6 Å². The van der Waals surface area contributed by atoms with Crippen LogP contribution in [-0.4, -0.2) is 96.7 Å². The van der Waals surface area contributed by atoms with Crippen molar-refractivity contribution < 1.29 is 80.2 Å². The molecule has 0 fully saturated rings. The van der Waals surface area contributed by atoms with Gasteiger partial charge in [-0.25, -0.2) is 9.13 Å². The Bertz CT molecular complexity index is 1700. The molecule has 19 heteroatoms. The van der Waals surface area contributed by atoms with Gasteiger partial charge < -0.3 is 33.8 Å². The molecule has 0 heterocycles. The van der Waals surface area contributed by atoms with Crippen molar-refractivity contribution in [3.63, 3.8) is 0 Å². The highest BCUT2D eigenvalue weighted by Gasteiger charge is 2.30. The Morgan fingerprint density at radius 2 is 0.552 bits per heavy atom. The molecule has 3 N–H and O–H groups in total. The Labute approximate surface area is 530 Å². The van der Waals surface area contributed by atoms with Crippen LogP contribution < -0.4 is 0 Å². The zero-order valence-corrected chi connectivity index (χ0v) is 58.1. The summed E-state index contributed by atoms with van der Waals surface area (Å²) in [6.45, 7) is 9.49. The fourth-order valence-electron chi connectivity index (χ4n) is 10.2. The number of rotatable bonds is 67. The molecule has 0 amide bonds. The molecule has 0 rings (SSSR count). The van der Waals surface area contributed by atoms with E-state index in [9.17, 15) is 43.2 Å².